The molecule has 2 aromatic carbocycles. The maximum absolute atomic E-state index is 11.8. The number of rotatable bonds is 6. The van der Waals surface area contributed by atoms with Crippen LogP contribution < -0.4 is 9.47 Å². The molecule has 0 bridgehead atoms. The normalized spacial score (nSPS) is 10.6. The first-order valence-electron chi connectivity index (χ1n) is 8.40. The first-order chi connectivity index (χ1) is 14.3. The van der Waals surface area contributed by atoms with Crippen molar-refractivity contribution in [3.8, 4) is 17.2 Å². The van der Waals surface area contributed by atoms with Crippen molar-refractivity contribution >= 4 is 44.6 Å². The molecule has 1 heterocycles. The summed E-state index contributed by atoms with van der Waals surface area (Å²) in [5, 5.41) is 21.2. The lowest BCUT2D eigenvalue weighted by Crippen LogP contribution is -2.07. The summed E-state index contributed by atoms with van der Waals surface area (Å²) in [5.74, 6) is -0.0812. The molecule has 156 valence electrons. The number of methoxy groups -OCH3 is 2. The molecular formula is C19H15BrN2O8. The Balaban J connectivity index is 2.07. The molecule has 30 heavy (non-hydrogen) atoms. The molecule has 3 rings (SSSR count). The number of carboxylic acid groups (broad SMARTS) is 1. The predicted octanol–water partition coefficient (Wildman–Crippen LogP) is 4.35. The van der Waals surface area contributed by atoms with E-state index in [4.69, 9.17) is 9.47 Å². The van der Waals surface area contributed by atoms with Crippen molar-refractivity contribution in [3.63, 3.8) is 0 Å². The van der Waals surface area contributed by atoms with Gasteiger partial charge in [0.05, 0.1) is 41.1 Å². The monoisotopic (exact) mass is 478 g/mol. The van der Waals surface area contributed by atoms with Gasteiger partial charge < -0.3 is 19.3 Å². The summed E-state index contributed by atoms with van der Waals surface area (Å²) in [5.41, 5.74) is 0.348. The van der Waals surface area contributed by atoms with Crippen LogP contribution in [0, 0.1) is 10.1 Å². The van der Waals surface area contributed by atoms with Crippen molar-refractivity contribution in [1.29, 1.82) is 0 Å². The summed E-state index contributed by atoms with van der Waals surface area (Å²) in [4.78, 5) is 34.0. The zero-order chi connectivity index (χ0) is 22.0. The van der Waals surface area contributed by atoms with Crippen LogP contribution in [0.3, 0.4) is 0 Å². The number of nitro groups is 1. The van der Waals surface area contributed by atoms with Gasteiger partial charge in [0.2, 0.25) is 5.75 Å². The number of hydrogen-bond donors (Lipinski definition) is 1. The lowest BCUT2D eigenvalue weighted by atomic mass is 10.1. The van der Waals surface area contributed by atoms with Gasteiger partial charge in [0.15, 0.2) is 11.5 Å². The third-order valence-electron chi connectivity index (χ3n) is 4.27. The molecule has 0 aliphatic carbocycles. The van der Waals surface area contributed by atoms with Gasteiger partial charge in [-0.05, 0) is 51.8 Å². The average molecular weight is 479 g/mol. The van der Waals surface area contributed by atoms with Gasteiger partial charge in [0.1, 0.15) is 0 Å². The number of carbonyl (C=O) groups excluding carboxylic acids is 1. The van der Waals surface area contributed by atoms with Gasteiger partial charge in [-0.3, -0.25) is 14.9 Å². The van der Waals surface area contributed by atoms with Crippen LogP contribution in [-0.2, 0) is 16.0 Å². The SMILES string of the molecule is COC(=O)Cc1ccc(Oc2ccc3c(cc(Br)n3C(=O)O)c2[N+](=O)[O-])c(OC)c1. The first kappa shape index (κ1) is 21.1. The smallest absolute Gasteiger partial charge is 0.416 e. The summed E-state index contributed by atoms with van der Waals surface area (Å²) in [6, 6.07) is 8.75. The maximum Gasteiger partial charge on any atom is 0.416 e. The van der Waals surface area contributed by atoms with E-state index < -0.39 is 22.7 Å². The second kappa shape index (κ2) is 8.41. The fourth-order valence-corrected chi connectivity index (χ4v) is 3.51. The fourth-order valence-electron chi connectivity index (χ4n) is 2.94. The Bertz CT molecular complexity index is 1170. The minimum absolute atomic E-state index is 0.0238. The highest BCUT2D eigenvalue weighted by atomic mass is 79.9. The Hall–Kier alpha value is -3.60. The minimum Gasteiger partial charge on any atom is -0.493 e. The van der Waals surface area contributed by atoms with E-state index >= 15 is 0 Å². The molecule has 0 unspecified atom stereocenters. The molecule has 0 amide bonds. The quantitative estimate of drug-likeness (QED) is 0.314. The predicted molar refractivity (Wildman–Crippen MR) is 109 cm³/mol. The zero-order valence-electron chi connectivity index (χ0n) is 15.7. The molecule has 0 saturated heterocycles. The number of nitrogens with zero attached hydrogens (tertiary/aromatic N) is 2. The lowest BCUT2D eigenvalue weighted by Gasteiger charge is -2.12. The second-order valence-corrected chi connectivity index (χ2v) is 6.84. The van der Waals surface area contributed by atoms with Crippen molar-refractivity contribution in [2.75, 3.05) is 14.2 Å². The van der Waals surface area contributed by atoms with Gasteiger partial charge >= 0.3 is 17.7 Å². The van der Waals surface area contributed by atoms with E-state index in [2.05, 4.69) is 20.7 Å². The van der Waals surface area contributed by atoms with Gasteiger partial charge in [0.25, 0.3) is 0 Å². The zero-order valence-corrected chi connectivity index (χ0v) is 17.3. The molecule has 1 aromatic heterocycles. The van der Waals surface area contributed by atoms with Crippen LogP contribution in [0.25, 0.3) is 10.9 Å². The number of fused-ring (bicyclic) bond motifs is 1. The molecule has 0 aliphatic rings. The van der Waals surface area contributed by atoms with Gasteiger partial charge in [-0.25, -0.2) is 9.36 Å². The van der Waals surface area contributed by atoms with Gasteiger partial charge in [0, 0.05) is 0 Å². The van der Waals surface area contributed by atoms with E-state index in [0.717, 1.165) is 4.57 Å². The molecule has 0 fully saturated rings. The first-order valence-corrected chi connectivity index (χ1v) is 9.19. The topological polar surface area (TPSA) is 130 Å². The van der Waals surface area contributed by atoms with E-state index in [9.17, 15) is 24.8 Å². The number of ether oxygens (including phenoxy) is 3. The molecule has 11 heteroatoms. The molecule has 0 saturated carbocycles. The van der Waals surface area contributed by atoms with Gasteiger partial charge in [-0.1, -0.05) is 6.07 Å². The number of hydrogen-bond acceptors (Lipinski definition) is 7. The van der Waals surface area contributed by atoms with Crippen LogP contribution in [0.4, 0.5) is 10.5 Å². The van der Waals surface area contributed by atoms with Crippen LogP contribution in [-0.4, -0.2) is 40.9 Å². The van der Waals surface area contributed by atoms with Crippen molar-refractivity contribution in [2.24, 2.45) is 0 Å². The van der Waals surface area contributed by atoms with Gasteiger partial charge in [-0.15, -0.1) is 0 Å². The minimum atomic E-state index is -1.29. The maximum atomic E-state index is 11.8. The fraction of sp³-hybridized carbons (Fsp3) is 0.158. The number of benzene rings is 2. The van der Waals surface area contributed by atoms with Crippen molar-refractivity contribution in [2.45, 2.75) is 6.42 Å². The molecule has 1 N–H and O–H groups in total. The standard InChI is InChI=1S/C19H15BrN2O8/c1-28-15-7-10(8-17(23)29-2)3-5-13(15)30-14-6-4-12-11(18(14)22(26)27)9-16(20)21(12)19(24)25/h3-7,9H,8H2,1-2H3,(H,24,25). The van der Waals surface area contributed by atoms with E-state index in [-0.39, 0.29) is 39.2 Å². The van der Waals surface area contributed by atoms with Crippen LogP contribution in [0.1, 0.15) is 5.56 Å². The third-order valence-corrected chi connectivity index (χ3v) is 4.86. The Morgan fingerprint density at radius 1 is 1.13 bits per heavy atom. The third kappa shape index (κ3) is 3.92. The highest BCUT2D eigenvalue weighted by Gasteiger charge is 2.26. The number of carbonyl (C=O) groups is 2. The average Bonchev–Trinajstić information content (AvgIpc) is 3.04. The van der Waals surface area contributed by atoms with Crippen molar-refractivity contribution < 1.29 is 33.8 Å². The molecular weight excluding hydrogens is 464 g/mol. The molecule has 0 atom stereocenters. The number of halogens is 1. The highest BCUT2D eigenvalue weighted by molar-refractivity contribution is 9.10. The molecule has 0 aliphatic heterocycles. The Morgan fingerprint density at radius 3 is 2.43 bits per heavy atom. The molecule has 0 spiro atoms. The lowest BCUT2D eigenvalue weighted by molar-refractivity contribution is -0.383. The number of aromatic nitrogens is 1. The number of nitro benzene ring substituents is 1. The highest BCUT2D eigenvalue weighted by Crippen LogP contribution is 2.42. The largest absolute Gasteiger partial charge is 0.493 e. The van der Waals surface area contributed by atoms with Crippen molar-refractivity contribution in [3.05, 3.63) is 56.7 Å². The van der Waals surface area contributed by atoms with Gasteiger partial charge in [-0.2, -0.15) is 0 Å². The van der Waals surface area contributed by atoms with Crippen LogP contribution in [0.2, 0.25) is 0 Å². The van der Waals surface area contributed by atoms with E-state index in [0.29, 0.717) is 5.56 Å². The molecule has 3 aromatic rings. The Kier molecular flexibility index (Phi) is 5.92. The summed E-state index contributed by atoms with van der Waals surface area (Å²) < 4.78 is 16.7. The second-order valence-electron chi connectivity index (χ2n) is 6.03. The summed E-state index contributed by atoms with van der Waals surface area (Å²) in [6.07, 6.45) is -1.27. The molecule has 0 radical (unpaired) electrons. The summed E-state index contributed by atoms with van der Waals surface area (Å²) in [7, 11) is 2.67. The summed E-state index contributed by atoms with van der Waals surface area (Å²) >= 11 is 3.10. The van der Waals surface area contributed by atoms with Crippen LogP contribution in [0.15, 0.2) is 41.0 Å². The Labute approximate surface area is 177 Å². The Morgan fingerprint density at radius 2 is 1.83 bits per heavy atom. The molecule has 10 nitrogen and oxygen atoms in total. The van der Waals surface area contributed by atoms with Crippen molar-refractivity contribution in [1.82, 2.24) is 4.57 Å². The van der Waals surface area contributed by atoms with E-state index in [1.165, 1.54) is 38.5 Å². The summed E-state index contributed by atoms with van der Waals surface area (Å²) in [6.45, 7) is 0. The van der Waals surface area contributed by atoms with Crippen LogP contribution in [0.5, 0.6) is 17.2 Å². The van der Waals surface area contributed by atoms with Crippen LogP contribution >= 0.6 is 15.9 Å². The van der Waals surface area contributed by atoms with E-state index in [1.807, 2.05) is 0 Å². The van der Waals surface area contributed by atoms with E-state index in [1.54, 1.807) is 12.1 Å². The number of esters is 1.